The van der Waals surface area contributed by atoms with E-state index in [1.807, 2.05) is 0 Å². The predicted octanol–water partition coefficient (Wildman–Crippen LogP) is 4.92. The zero-order valence-electron chi connectivity index (χ0n) is 14.5. The molecule has 0 bridgehead atoms. The Hall–Kier alpha value is -1.57. The zero-order chi connectivity index (χ0) is 16.3. The minimum Gasteiger partial charge on any atom is -0.461 e. The van der Waals surface area contributed by atoms with Crippen LogP contribution in [0.15, 0.2) is 35.9 Å². The largest absolute Gasteiger partial charge is 0.461 e. The summed E-state index contributed by atoms with van der Waals surface area (Å²) in [7, 11) is 0. The first kappa shape index (κ1) is 16.8. The average molecular weight is 300 g/mol. The second kappa shape index (κ2) is 6.68. The van der Waals surface area contributed by atoms with E-state index in [1.54, 1.807) is 0 Å². The highest BCUT2D eigenvalue weighted by molar-refractivity contribution is 5.78. The van der Waals surface area contributed by atoms with Gasteiger partial charge in [-0.2, -0.15) is 0 Å². The summed E-state index contributed by atoms with van der Waals surface area (Å²) >= 11 is 0. The van der Waals surface area contributed by atoms with E-state index in [-0.39, 0.29) is 17.3 Å². The van der Waals surface area contributed by atoms with Gasteiger partial charge in [-0.25, -0.2) is 0 Å². The lowest BCUT2D eigenvalue weighted by Gasteiger charge is -2.07. The van der Waals surface area contributed by atoms with E-state index >= 15 is 0 Å². The SMILES string of the molecule is CCCc1ccc(COC(=O)[C@@H]2C(C=C(C)C)C2(C)C)cc1. The summed E-state index contributed by atoms with van der Waals surface area (Å²) in [5, 5.41) is 0. The number of allylic oxidation sites excluding steroid dienone is 2. The highest BCUT2D eigenvalue weighted by Gasteiger charge is 2.61. The molecule has 1 fully saturated rings. The molecule has 1 aromatic rings. The third kappa shape index (κ3) is 3.79. The fourth-order valence-corrected chi connectivity index (χ4v) is 3.13. The quantitative estimate of drug-likeness (QED) is 0.550. The summed E-state index contributed by atoms with van der Waals surface area (Å²) in [4.78, 5) is 12.3. The van der Waals surface area contributed by atoms with Gasteiger partial charge in [-0.05, 0) is 42.7 Å². The number of benzene rings is 1. The van der Waals surface area contributed by atoms with Crippen molar-refractivity contribution in [3.8, 4) is 0 Å². The van der Waals surface area contributed by atoms with Crippen molar-refractivity contribution >= 4 is 5.97 Å². The Morgan fingerprint density at radius 3 is 2.32 bits per heavy atom. The van der Waals surface area contributed by atoms with Gasteiger partial charge in [-0.1, -0.05) is 63.1 Å². The van der Waals surface area contributed by atoms with Crippen LogP contribution >= 0.6 is 0 Å². The maximum absolute atomic E-state index is 12.3. The van der Waals surface area contributed by atoms with Crippen molar-refractivity contribution in [2.24, 2.45) is 17.3 Å². The van der Waals surface area contributed by atoms with Gasteiger partial charge in [0, 0.05) is 0 Å². The van der Waals surface area contributed by atoms with E-state index < -0.39 is 0 Å². The van der Waals surface area contributed by atoms with Crippen molar-refractivity contribution in [1.82, 2.24) is 0 Å². The van der Waals surface area contributed by atoms with Crippen LogP contribution in [0, 0.1) is 17.3 Å². The molecule has 2 atom stereocenters. The normalized spacial score (nSPS) is 22.0. The number of aryl methyl sites for hydroxylation is 1. The van der Waals surface area contributed by atoms with Crippen LogP contribution in [0.2, 0.25) is 0 Å². The van der Waals surface area contributed by atoms with Crippen LogP contribution in [0.5, 0.6) is 0 Å². The fraction of sp³-hybridized carbons (Fsp3) is 0.550. The van der Waals surface area contributed by atoms with Crippen molar-refractivity contribution in [3.05, 3.63) is 47.0 Å². The van der Waals surface area contributed by atoms with Crippen LogP contribution in [0.4, 0.5) is 0 Å². The van der Waals surface area contributed by atoms with Gasteiger partial charge in [0.25, 0.3) is 0 Å². The van der Waals surface area contributed by atoms with Gasteiger partial charge in [0.1, 0.15) is 6.61 Å². The van der Waals surface area contributed by atoms with Gasteiger partial charge >= 0.3 is 5.97 Å². The molecule has 0 aromatic heterocycles. The van der Waals surface area contributed by atoms with E-state index in [2.05, 4.69) is 65.0 Å². The van der Waals surface area contributed by atoms with E-state index in [4.69, 9.17) is 4.74 Å². The number of ether oxygens (including phenoxy) is 1. The summed E-state index contributed by atoms with van der Waals surface area (Å²) in [6.07, 6.45) is 4.45. The third-order valence-corrected chi connectivity index (χ3v) is 4.62. The molecule has 120 valence electrons. The average Bonchev–Trinajstić information content (AvgIpc) is 2.98. The molecule has 1 aliphatic rings. The number of carbonyl (C=O) groups is 1. The molecule has 2 heteroatoms. The van der Waals surface area contributed by atoms with Gasteiger partial charge in [0.05, 0.1) is 5.92 Å². The lowest BCUT2D eigenvalue weighted by Crippen LogP contribution is -2.10. The number of hydrogen-bond acceptors (Lipinski definition) is 2. The van der Waals surface area contributed by atoms with Crippen LogP contribution in [-0.2, 0) is 22.6 Å². The molecule has 22 heavy (non-hydrogen) atoms. The third-order valence-electron chi connectivity index (χ3n) is 4.62. The molecule has 0 radical (unpaired) electrons. The van der Waals surface area contributed by atoms with E-state index in [0.717, 1.165) is 18.4 Å². The maximum Gasteiger partial charge on any atom is 0.310 e. The first-order valence-electron chi connectivity index (χ1n) is 8.25. The van der Waals surface area contributed by atoms with Crippen LogP contribution in [0.25, 0.3) is 0 Å². The Balaban J connectivity index is 1.89. The molecule has 2 nitrogen and oxygen atoms in total. The van der Waals surface area contributed by atoms with Gasteiger partial charge in [0.2, 0.25) is 0 Å². The smallest absolute Gasteiger partial charge is 0.310 e. The number of hydrogen-bond donors (Lipinski definition) is 0. The van der Waals surface area contributed by atoms with Gasteiger partial charge in [-0.15, -0.1) is 0 Å². The predicted molar refractivity (Wildman–Crippen MR) is 90.4 cm³/mol. The Bertz CT molecular complexity index is 548. The lowest BCUT2D eigenvalue weighted by molar-refractivity contribution is -0.147. The minimum atomic E-state index is -0.0647. The molecule has 0 spiro atoms. The van der Waals surface area contributed by atoms with Crippen molar-refractivity contribution < 1.29 is 9.53 Å². The number of rotatable bonds is 6. The molecular formula is C20H28O2. The van der Waals surface area contributed by atoms with E-state index in [1.165, 1.54) is 11.1 Å². The zero-order valence-corrected chi connectivity index (χ0v) is 14.5. The summed E-state index contributed by atoms with van der Waals surface area (Å²) < 4.78 is 5.53. The minimum absolute atomic E-state index is 0.00163. The summed E-state index contributed by atoms with van der Waals surface area (Å²) in [5.41, 5.74) is 3.69. The molecular weight excluding hydrogens is 272 g/mol. The van der Waals surface area contributed by atoms with Crippen LogP contribution in [0.3, 0.4) is 0 Å². The summed E-state index contributed by atoms with van der Waals surface area (Å²) in [5.74, 6) is 0.254. The number of carbonyl (C=O) groups excluding carboxylic acids is 1. The van der Waals surface area contributed by atoms with Crippen molar-refractivity contribution in [1.29, 1.82) is 0 Å². The van der Waals surface area contributed by atoms with Crippen molar-refractivity contribution in [2.75, 3.05) is 0 Å². The highest BCUT2D eigenvalue weighted by atomic mass is 16.5. The highest BCUT2D eigenvalue weighted by Crippen LogP contribution is 2.59. The molecule has 1 saturated carbocycles. The molecule has 2 rings (SSSR count). The van der Waals surface area contributed by atoms with Crippen molar-refractivity contribution in [2.45, 2.75) is 54.1 Å². The van der Waals surface area contributed by atoms with Gasteiger partial charge < -0.3 is 4.74 Å². The van der Waals surface area contributed by atoms with Crippen LogP contribution in [0.1, 0.15) is 52.2 Å². The summed E-state index contributed by atoms with van der Waals surface area (Å²) in [6, 6.07) is 8.37. The molecule has 0 heterocycles. The molecule has 0 aliphatic heterocycles. The molecule has 1 aliphatic carbocycles. The summed E-state index contributed by atoms with van der Waals surface area (Å²) in [6.45, 7) is 11.0. The fourth-order valence-electron chi connectivity index (χ4n) is 3.13. The monoisotopic (exact) mass is 300 g/mol. The molecule has 1 aromatic carbocycles. The topological polar surface area (TPSA) is 26.3 Å². The Kier molecular flexibility index (Phi) is 5.10. The lowest BCUT2D eigenvalue weighted by atomic mass is 10.1. The Labute approximate surface area is 134 Å². The second-order valence-corrected chi connectivity index (χ2v) is 7.24. The van der Waals surface area contributed by atoms with Gasteiger partial charge in [0.15, 0.2) is 0 Å². The maximum atomic E-state index is 12.3. The Morgan fingerprint density at radius 1 is 1.18 bits per heavy atom. The number of esters is 1. The first-order chi connectivity index (χ1) is 10.4. The standard InChI is InChI=1S/C20H28O2/c1-6-7-15-8-10-16(11-9-15)13-22-19(21)18-17(12-14(2)3)20(18,4)5/h8-12,17-18H,6-7,13H2,1-5H3/t17?,18-/m0/s1. The first-order valence-corrected chi connectivity index (χ1v) is 8.25. The van der Waals surface area contributed by atoms with Crippen LogP contribution in [-0.4, -0.2) is 5.97 Å². The molecule has 0 saturated heterocycles. The molecule has 1 unspecified atom stereocenters. The Morgan fingerprint density at radius 2 is 1.77 bits per heavy atom. The van der Waals surface area contributed by atoms with Crippen molar-refractivity contribution in [3.63, 3.8) is 0 Å². The van der Waals surface area contributed by atoms with Crippen LogP contribution < -0.4 is 0 Å². The molecule has 0 N–H and O–H groups in total. The van der Waals surface area contributed by atoms with E-state index in [9.17, 15) is 4.79 Å². The molecule has 0 amide bonds. The van der Waals surface area contributed by atoms with E-state index in [0.29, 0.717) is 12.5 Å². The van der Waals surface area contributed by atoms with Gasteiger partial charge in [-0.3, -0.25) is 4.79 Å². The second-order valence-electron chi connectivity index (χ2n) is 7.24.